The second-order valence-electron chi connectivity index (χ2n) is 3.91. The van der Waals surface area contributed by atoms with Crippen molar-refractivity contribution in [2.75, 3.05) is 19.8 Å². The number of nitrogens with two attached hydrogens (primary N) is 1. The molecule has 1 aliphatic heterocycles. The average molecular weight is 234 g/mol. The zero-order chi connectivity index (χ0) is 12.3. The van der Waals surface area contributed by atoms with Crippen LogP contribution in [-0.4, -0.2) is 36.5 Å². The first kappa shape index (κ1) is 11.8. The second kappa shape index (κ2) is 5.07. The molecule has 1 unspecified atom stereocenters. The molecule has 1 heterocycles. The minimum Gasteiger partial charge on any atom is -0.362 e. The summed E-state index contributed by atoms with van der Waals surface area (Å²) in [4.78, 5) is 24.2. The summed E-state index contributed by atoms with van der Waals surface area (Å²) < 4.78 is 4.83. The van der Waals surface area contributed by atoms with Crippen LogP contribution < -0.4 is 5.73 Å². The molecule has 0 bridgehead atoms. The van der Waals surface area contributed by atoms with Crippen molar-refractivity contribution in [2.45, 2.75) is 6.04 Å². The number of ether oxygens (including phenoxy) is 1. The molecule has 5 nitrogen and oxygen atoms in total. The van der Waals surface area contributed by atoms with E-state index in [-0.39, 0.29) is 37.6 Å². The lowest BCUT2D eigenvalue weighted by atomic mass is 10.1. The van der Waals surface area contributed by atoms with Gasteiger partial charge in [0.1, 0.15) is 13.2 Å². The minimum atomic E-state index is -0.359. The summed E-state index contributed by atoms with van der Waals surface area (Å²) in [6.45, 7) is 0.103. The molecule has 5 heteroatoms. The number of carbonyl (C=O) groups is 2. The van der Waals surface area contributed by atoms with Crippen molar-refractivity contribution in [1.29, 1.82) is 0 Å². The van der Waals surface area contributed by atoms with Crippen LogP contribution in [0.5, 0.6) is 0 Å². The van der Waals surface area contributed by atoms with Crippen molar-refractivity contribution in [3.05, 3.63) is 35.9 Å². The van der Waals surface area contributed by atoms with E-state index in [2.05, 4.69) is 0 Å². The van der Waals surface area contributed by atoms with Crippen molar-refractivity contribution in [2.24, 2.45) is 5.73 Å². The monoisotopic (exact) mass is 234 g/mol. The van der Waals surface area contributed by atoms with Gasteiger partial charge in [-0.25, -0.2) is 0 Å². The molecule has 2 N–H and O–H groups in total. The molecule has 0 saturated carbocycles. The van der Waals surface area contributed by atoms with Gasteiger partial charge in [-0.3, -0.25) is 14.5 Å². The third-order valence-corrected chi connectivity index (χ3v) is 2.66. The van der Waals surface area contributed by atoms with Crippen LogP contribution >= 0.6 is 0 Å². The van der Waals surface area contributed by atoms with Crippen LogP contribution in [0.25, 0.3) is 0 Å². The van der Waals surface area contributed by atoms with Gasteiger partial charge in [-0.05, 0) is 5.56 Å². The molecule has 2 rings (SSSR count). The Kier molecular flexibility index (Phi) is 3.51. The number of carbonyl (C=O) groups excluding carboxylic acids is 2. The van der Waals surface area contributed by atoms with Crippen LogP contribution in [-0.2, 0) is 14.3 Å². The number of nitrogens with zero attached hydrogens (tertiary/aromatic N) is 1. The standard InChI is InChI=1S/C12H14N2O3/c13-10(9-4-2-1-3-5-9)6-14-11(15)7-17-8-12(14)16/h1-5,10H,6-8,13H2. The summed E-state index contributed by atoms with van der Waals surface area (Å²) in [6, 6.07) is 9.03. The highest BCUT2D eigenvalue weighted by Gasteiger charge is 2.28. The number of benzene rings is 1. The maximum atomic E-state index is 11.5. The highest BCUT2D eigenvalue weighted by molar-refractivity contribution is 5.98. The van der Waals surface area contributed by atoms with E-state index >= 15 is 0 Å². The van der Waals surface area contributed by atoms with Crippen molar-refractivity contribution < 1.29 is 14.3 Å². The first-order valence-corrected chi connectivity index (χ1v) is 5.40. The Morgan fingerprint density at radius 1 is 1.18 bits per heavy atom. The quantitative estimate of drug-likeness (QED) is 0.751. The highest BCUT2D eigenvalue weighted by Crippen LogP contribution is 2.13. The van der Waals surface area contributed by atoms with E-state index in [9.17, 15) is 9.59 Å². The lowest BCUT2D eigenvalue weighted by Gasteiger charge is -2.27. The molecule has 0 aromatic heterocycles. The molecule has 1 aromatic carbocycles. The van der Waals surface area contributed by atoms with E-state index in [1.54, 1.807) is 0 Å². The summed E-state index contributed by atoms with van der Waals surface area (Å²) in [6.07, 6.45) is 0. The van der Waals surface area contributed by atoms with Gasteiger partial charge in [0.15, 0.2) is 0 Å². The lowest BCUT2D eigenvalue weighted by molar-refractivity contribution is -0.158. The number of morpholine rings is 1. The van der Waals surface area contributed by atoms with Crippen molar-refractivity contribution in [3.8, 4) is 0 Å². The minimum absolute atomic E-state index is 0.0484. The maximum Gasteiger partial charge on any atom is 0.255 e. The van der Waals surface area contributed by atoms with Crippen LogP contribution in [0.1, 0.15) is 11.6 Å². The summed E-state index contributed by atoms with van der Waals surface area (Å²) in [5.41, 5.74) is 6.87. The molecule has 1 saturated heterocycles. The summed E-state index contributed by atoms with van der Waals surface area (Å²) in [7, 11) is 0. The first-order valence-electron chi connectivity index (χ1n) is 5.40. The summed E-state index contributed by atoms with van der Waals surface area (Å²) in [5.74, 6) is -0.653. The Labute approximate surface area is 99.2 Å². The maximum absolute atomic E-state index is 11.5. The topological polar surface area (TPSA) is 72.6 Å². The lowest BCUT2D eigenvalue weighted by Crippen LogP contribution is -2.48. The van der Waals surface area contributed by atoms with Gasteiger partial charge in [-0.1, -0.05) is 30.3 Å². The third kappa shape index (κ3) is 2.69. The van der Waals surface area contributed by atoms with Crippen LogP contribution in [0.15, 0.2) is 30.3 Å². The Morgan fingerprint density at radius 3 is 2.35 bits per heavy atom. The second-order valence-corrected chi connectivity index (χ2v) is 3.91. The predicted molar refractivity (Wildman–Crippen MR) is 60.9 cm³/mol. The molecule has 17 heavy (non-hydrogen) atoms. The predicted octanol–water partition coefficient (Wildman–Crippen LogP) is 0.0718. The Bertz CT molecular complexity index is 403. The van der Waals surface area contributed by atoms with Gasteiger partial charge < -0.3 is 10.5 Å². The fourth-order valence-corrected chi connectivity index (χ4v) is 1.73. The zero-order valence-electron chi connectivity index (χ0n) is 9.33. The largest absolute Gasteiger partial charge is 0.362 e. The van der Waals surface area contributed by atoms with Gasteiger partial charge in [-0.15, -0.1) is 0 Å². The van der Waals surface area contributed by atoms with Crippen molar-refractivity contribution in [3.63, 3.8) is 0 Å². The van der Waals surface area contributed by atoms with Crippen molar-refractivity contribution in [1.82, 2.24) is 4.90 Å². The third-order valence-electron chi connectivity index (χ3n) is 2.66. The number of hydrogen-bond acceptors (Lipinski definition) is 4. The Hall–Kier alpha value is -1.72. The SMILES string of the molecule is NC(CN1C(=O)COCC1=O)c1ccccc1. The van der Waals surface area contributed by atoms with Gasteiger partial charge in [0.25, 0.3) is 11.8 Å². The molecule has 1 fully saturated rings. The van der Waals surface area contributed by atoms with Crippen molar-refractivity contribution >= 4 is 11.8 Å². The number of rotatable bonds is 3. The van der Waals surface area contributed by atoms with Gasteiger partial charge >= 0.3 is 0 Å². The number of hydrogen-bond donors (Lipinski definition) is 1. The Morgan fingerprint density at radius 2 is 1.76 bits per heavy atom. The van der Waals surface area contributed by atoms with Gasteiger partial charge in [0.05, 0.1) is 0 Å². The van der Waals surface area contributed by atoms with Crippen LogP contribution in [0.3, 0.4) is 0 Å². The summed E-state index contributed by atoms with van der Waals surface area (Å²) >= 11 is 0. The number of imide groups is 1. The number of amides is 2. The molecular weight excluding hydrogens is 220 g/mol. The van der Waals surface area contributed by atoms with Crippen LogP contribution in [0.4, 0.5) is 0 Å². The van der Waals surface area contributed by atoms with E-state index in [1.165, 1.54) is 4.90 Å². The Balaban J connectivity index is 2.05. The van der Waals surface area contributed by atoms with E-state index in [0.29, 0.717) is 0 Å². The van der Waals surface area contributed by atoms with E-state index < -0.39 is 0 Å². The normalized spacial score (nSPS) is 18.3. The molecule has 90 valence electrons. The zero-order valence-corrected chi connectivity index (χ0v) is 9.33. The summed E-state index contributed by atoms with van der Waals surface area (Å²) in [5, 5.41) is 0. The molecular formula is C12H14N2O3. The van der Waals surface area contributed by atoms with E-state index in [1.807, 2.05) is 30.3 Å². The van der Waals surface area contributed by atoms with E-state index in [0.717, 1.165) is 5.56 Å². The smallest absolute Gasteiger partial charge is 0.255 e. The molecule has 0 radical (unpaired) electrons. The molecule has 1 aromatic rings. The molecule has 0 aliphatic carbocycles. The molecule has 2 amide bonds. The fraction of sp³-hybridized carbons (Fsp3) is 0.333. The first-order chi connectivity index (χ1) is 8.18. The van der Waals surface area contributed by atoms with Crippen LogP contribution in [0, 0.1) is 0 Å². The van der Waals surface area contributed by atoms with Gasteiger partial charge in [0.2, 0.25) is 0 Å². The molecule has 1 aliphatic rings. The molecule has 0 spiro atoms. The fourth-order valence-electron chi connectivity index (χ4n) is 1.73. The van der Waals surface area contributed by atoms with Crippen LogP contribution in [0.2, 0.25) is 0 Å². The van der Waals surface area contributed by atoms with Gasteiger partial charge in [-0.2, -0.15) is 0 Å². The van der Waals surface area contributed by atoms with Gasteiger partial charge in [0, 0.05) is 12.6 Å². The molecule has 1 atom stereocenters. The average Bonchev–Trinajstić information content (AvgIpc) is 2.35. The van der Waals surface area contributed by atoms with E-state index in [4.69, 9.17) is 10.5 Å². The highest BCUT2D eigenvalue weighted by atomic mass is 16.5.